The minimum atomic E-state index is -0.218. The van der Waals surface area contributed by atoms with Crippen LogP contribution in [0.2, 0.25) is 0 Å². The number of hydrogen-bond donors (Lipinski definition) is 0. The Hall–Kier alpha value is -2.73. The van der Waals surface area contributed by atoms with Crippen molar-refractivity contribution in [3.05, 3.63) is 115 Å². The van der Waals surface area contributed by atoms with Crippen LogP contribution >= 0.6 is 35.3 Å². The molecule has 1 heterocycles. The number of benzene rings is 4. The molecule has 0 amide bonds. The first-order chi connectivity index (χ1) is 16.7. The molecular weight excluding hydrogens is 478 g/mol. The van der Waals surface area contributed by atoms with Crippen molar-refractivity contribution >= 4 is 46.2 Å². The predicted octanol–water partition coefficient (Wildman–Crippen LogP) is 9.39. The van der Waals surface area contributed by atoms with Crippen molar-refractivity contribution in [2.45, 2.75) is 42.7 Å². The molecule has 1 aromatic heterocycles. The van der Waals surface area contributed by atoms with Gasteiger partial charge in [0.15, 0.2) is 0 Å². The van der Waals surface area contributed by atoms with Crippen LogP contribution in [0.3, 0.4) is 0 Å². The number of pyridine rings is 1. The maximum absolute atomic E-state index is 15.9. The van der Waals surface area contributed by atoms with Gasteiger partial charge in [0, 0.05) is 31.2 Å². The predicted molar refractivity (Wildman–Crippen MR) is 143 cm³/mol. The molecule has 0 radical (unpaired) electrons. The summed E-state index contributed by atoms with van der Waals surface area (Å²) in [4.78, 5) is 10.6. The van der Waals surface area contributed by atoms with Crippen molar-refractivity contribution < 1.29 is 4.39 Å². The van der Waals surface area contributed by atoms with E-state index in [1.54, 1.807) is 29.6 Å². The summed E-state index contributed by atoms with van der Waals surface area (Å²) < 4.78 is 15.9. The SMILES string of the molecule is CCc1cnc2c(Sc3ccccc3)c(Sc3ccccc3)c(F)cc2c1Sc1ccccc1. The maximum atomic E-state index is 15.9. The lowest BCUT2D eigenvalue weighted by Crippen LogP contribution is -1.96. The van der Waals surface area contributed by atoms with Gasteiger partial charge in [-0.05, 0) is 54.4 Å². The number of fused-ring (bicyclic) bond motifs is 1. The molecule has 1 nitrogen and oxygen atoms in total. The Bertz CT molecular complexity index is 1410. The van der Waals surface area contributed by atoms with Gasteiger partial charge in [0.05, 0.1) is 15.3 Å². The molecule has 34 heavy (non-hydrogen) atoms. The van der Waals surface area contributed by atoms with Crippen LogP contribution < -0.4 is 0 Å². The van der Waals surface area contributed by atoms with E-state index in [0.29, 0.717) is 4.90 Å². The van der Waals surface area contributed by atoms with Gasteiger partial charge in [0.2, 0.25) is 0 Å². The number of rotatable bonds is 7. The first-order valence-electron chi connectivity index (χ1n) is 11.1. The zero-order chi connectivity index (χ0) is 23.3. The fraction of sp³-hybridized carbons (Fsp3) is 0.0690. The quantitative estimate of drug-likeness (QED) is 0.221. The molecule has 168 valence electrons. The minimum absolute atomic E-state index is 0.218. The zero-order valence-electron chi connectivity index (χ0n) is 18.6. The summed E-state index contributed by atoms with van der Waals surface area (Å²) in [6.45, 7) is 2.12. The van der Waals surface area contributed by atoms with Crippen LogP contribution in [0.15, 0.2) is 133 Å². The smallest absolute Gasteiger partial charge is 0.139 e. The second-order valence-corrected chi connectivity index (χ2v) is 10.9. The Morgan fingerprint density at radius 3 is 1.62 bits per heavy atom. The van der Waals surface area contributed by atoms with Crippen LogP contribution in [0.4, 0.5) is 4.39 Å². The van der Waals surface area contributed by atoms with Crippen molar-refractivity contribution in [2.75, 3.05) is 0 Å². The summed E-state index contributed by atoms with van der Waals surface area (Å²) >= 11 is 4.70. The fourth-order valence-corrected chi connectivity index (χ4v) is 6.88. The van der Waals surface area contributed by atoms with Crippen molar-refractivity contribution in [3.63, 3.8) is 0 Å². The standard InChI is InChI=1S/C29H22FNS3/c1-2-20-19-31-26-24(27(20)32-21-12-6-3-7-13-21)18-25(30)28(33-22-14-8-4-9-15-22)29(26)34-23-16-10-5-11-17-23/h3-19H,2H2,1H3. The number of aromatic nitrogens is 1. The lowest BCUT2D eigenvalue weighted by molar-refractivity contribution is 0.596. The van der Waals surface area contributed by atoms with Gasteiger partial charge < -0.3 is 0 Å². The third-order valence-electron chi connectivity index (χ3n) is 5.32. The summed E-state index contributed by atoms with van der Waals surface area (Å²) in [5.74, 6) is -0.218. The lowest BCUT2D eigenvalue weighted by Gasteiger charge is -2.17. The van der Waals surface area contributed by atoms with Crippen molar-refractivity contribution in [2.24, 2.45) is 0 Å². The Morgan fingerprint density at radius 2 is 1.12 bits per heavy atom. The zero-order valence-corrected chi connectivity index (χ0v) is 21.0. The number of halogens is 1. The summed E-state index contributed by atoms with van der Waals surface area (Å²) in [5, 5.41) is 0.863. The molecule has 0 unspecified atom stereocenters. The van der Waals surface area contributed by atoms with Crippen LogP contribution in [-0.4, -0.2) is 4.98 Å². The van der Waals surface area contributed by atoms with Crippen molar-refractivity contribution in [3.8, 4) is 0 Å². The highest BCUT2D eigenvalue weighted by Crippen LogP contribution is 2.46. The molecular formula is C29H22FNS3. The highest BCUT2D eigenvalue weighted by molar-refractivity contribution is 8.02. The topological polar surface area (TPSA) is 12.9 Å². The Kier molecular flexibility index (Phi) is 7.24. The van der Waals surface area contributed by atoms with Crippen molar-refractivity contribution in [1.82, 2.24) is 4.98 Å². The monoisotopic (exact) mass is 499 g/mol. The van der Waals surface area contributed by atoms with E-state index in [-0.39, 0.29) is 5.82 Å². The van der Waals surface area contributed by atoms with E-state index >= 15 is 4.39 Å². The van der Waals surface area contributed by atoms with E-state index in [1.165, 1.54) is 11.8 Å². The number of hydrogen-bond acceptors (Lipinski definition) is 4. The molecule has 0 saturated heterocycles. The van der Waals surface area contributed by atoms with Gasteiger partial charge >= 0.3 is 0 Å². The normalized spacial score (nSPS) is 11.1. The Balaban J connectivity index is 1.72. The third-order valence-corrected chi connectivity index (χ3v) is 8.86. The summed E-state index contributed by atoms with van der Waals surface area (Å²) in [6.07, 6.45) is 2.79. The van der Waals surface area contributed by atoms with E-state index < -0.39 is 0 Å². The van der Waals surface area contributed by atoms with Crippen LogP contribution in [0, 0.1) is 5.82 Å². The van der Waals surface area contributed by atoms with Gasteiger partial charge in [-0.15, -0.1) is 0 Å². The van der Waals surface area contributed by atoms with Crippen LogP contribution in [-0.2, 0) is 6.42 Å². The third kappa shape index (κ3) is 5.02. The molecule has 0 fully saturated rings. The number of aryl methyl sites for hydroxylation is 1. The maximum Gasteiger partial charge on any atom is 0.139 e. The largest absolute Gasteiger partial charge is 0.255 e. The van der Waals surface area contributed by atoms with Gasteiger partial charge in [0.25, 0.3) is 0 Å². The van der Waals surface area contributed by atoms with Crippen LogP contribution in [0.25, 0.3) is 10.9 Å². The highest BCUT2D eigenvalue weighted by Gasteiger charge is 2.21. The Labute approximate surface area is 212 Å². The van der Waals surface area contributed by atoms with Gasteiger partial charge in [0.1, 0.15) is 5.82 Å². The molecule has 0 aliphatic carbocycles. The van der Waals surface area contributed by atoms with Gasteiger partial charge in [-0.3, -0.25) is 4.98 Å². The summed E-state index contributed by atoms with van der Waals surface area (Å²) in [6, 6.07) is 32.0. The Morgan fingerprint density at radius 1 is 0.647 bits per heavy atom. The lowest BCUT2D eigenvalue weighted by atomic mass is 10.1. The molecule has 0 aliphatic rings. The van der Waals surface area contributed by atoms with Gasteiger partial charge in [-0.2, -0.15) is 0 Å². The van der Waals surface area contributed by atoms with E-state index in [2.05, 4.69) is 31.2 Å². The average molecular weight is 500 g/mol. The molecule has 4 aromatic carbocycles. The molecule has 0 saturated carbocycles. The van der Waals surface area contributed by atoms with Gasteiger partial charge in [-0.25, -0.2) is 4.39 Å². The van der Waals surface area contributed by atoms with E-state index in [9.17, 15) is 0 Å². The molecule has 0 bridgehead atoms. The molecule has 5 aromatic rings. The molecule has 0 N–H and O–H groups in total. The summed E-state index contributed by atoms with van der Waals surface area (Å²) in [7, 11) is 0. The average Bonchev–Trinajstić information content (AvgIpc) is 2.88. The summed E-state index contributed by atoms with van der Waals surface area (Å²) in [5.41, 5.74) is 1.96. The van der Waals surface area contributed by atoms with Crippen molar-refractivity contribution in [1.29, 1.82) is 0 Å². The first kappa shape index (κ1) is 23.0. The van der Waals surface area contributed by atoms with Crippen LogP contribution in [0.1, 0.15) is 12.5 Å². The van der Waals surface area contributed by atoms with E-state index in [4.69, 9.17) is 4.98 Å². The van der Waals surface area contributed by atoms with E-state index in [0.717, 1.165) is 47.4 Å². The molecule has 5 heteroatoms. The van der Waals surface area contributed by atoms with E-state index in [1.807, 2.05) is 72.9 Å². The molecule has 0 aliphatic heterocycles. The molecule has 5 rings (SSSR count). The second kappa shape index (κ2) is 10.7. The fourth-order valence-electron chi connectivity index (χ4n) is 3.66. The number of nitrogens with zero attached hydrogens (tertiary/aromatic N) is 1. The molecule has 0 spiro atoms. The molecule has 0 atom stereocenters. The first-order valence-corrected chi connectivity index (χ1v) is 13.5. The van der Waals surface area contributed by atoms with Crippen LogP contribution in [0.5, 0.6) is 0 Å². The minimum Gasteiger partial charge on any atom is -0.255 e. The highest BCUT2D eigenvalue weighted by atomic mass is 32.2. The van der Waals surface area contributed by atoms with Gasteiger partial charge in [-0.1, -0.05) is 96.8 Å². The second-order valence-electron chi connectivity index (χ2n) is 7.62.